The molecule has 264 valence electrons. The Kier molecular flexibility index (Phi) is 20.2. The Hall–Kier alpha value is -2.31. The molecule has 0 spiro atoms. The first-order valence-corrected chi connectivity index (χ1v) is 18.4. The molecule has 0 aliphatic heterocycles. The van der Waals surface area contributed by atoms with Crippen LogP contribution in [0.4, 0.5) is 0 Å². The van der Waals surface area contributed by atoms with Crippen LogP contribution in [0.25, 0.3) is 11.1 Å². The minimum atomic E-state index is 0. The van der Waals surface area contributed by atoms with Gasteiger partial charge in [-0.2, -0.15) is 102 Å². The minimum absolute atomic E-state index is 0. The maximum atomic E-state index is 3.67. The van der Waals surface area contributed by atoms with E-state index >= 15 is 0 Å². The van der Waals surface area contributed by atoms with Crippen LogP contribution in [0.15, 0.2) is 96.1 Å². The summed E-state index contributed by atoms with van der Waals surface area (Å²) in [6.45, 7) is 26.6. The molecule has 6 rings (SSSR count). The van der Waals surface area contributed by atoms with E-state index in [9.17, 15) is 0 Å². The zero-order valence-electron chi connectivity index (χ0n) is 32.0. The molecular formula is C46H58Cl2Zr-4. The number of fused-ring (bicyclic) bond motifs is 3. The fraction of sp³-hybridized carbons (Fsp3) is 0.370. The van der Waals surface area contributed by atoms with Crippen LogP contribution in [0.1, 0.15) is 109 Å². The Bertz CT molecular complexity index is 1510. The van der Waals surface area contributed by atoms with E-state index in [1.807, 2.05) is 48.5 Å². The maximum absolute atomic E-state index is 3.67. The number of aryl methyl sites for hydroxylation is 2. The van der Waals surface area contributed by atoms with Gasteiger partial charge in [0.1, 0.15) is 0 Å². The van der Waals surface area contributed by atoms with Crippen molar-refractivity contribution in [2.75, 3.05) is 0 Å². The van der Waals surface area contributed by atoms with Crippen LogP contribution in [-0.2, 0) is 41.5 Å². The van der Waals surface area contributed by atoms with E-state index in [1.165, 1.54) is 79.9 Å². The Morgan fingerprint density at radius 2 is 1.10 bits per heavy atom. The number of allylic oxidation sites excluding steroid dienone is 4. The number of benzene rings is 4. The van der Waals surface area contributed by atoms with Crippen LogP contribution in [0.5, 0.6) is 0 Å². The van der Waals surface area contributed by atoms with E-state index in [4.69, 9.17) is 0 Å². The van der Waals surface area contributed by atoms with Gasteiger partial charge < -0.3 is 0 Å². The molecule has 2 aliphatic carbocycles. The third-order valence-electron chi connectivity index (χ3n) is 8.07. The predicted molar refractivity (Wildman–Crippen MR) is 217 cm³/mol. The number of halogens is 2. The molecule has 0 aromatic heterocycles. The van der Waals surface area contributed by atoms with Crippen molar-refractivity contribution < 1.29 is 24.2 Å². The van der Waals surface area contributed by atoms with Crippen molar-refractivity contribution in [1.82, 2.24) is 0 Å². The van der Waals surface area contributed by atoms with E-state index < -0.39 is 0 Å². The first kappa shape index (κ1) is 46.7. The third kappa shape index (κ3) is 15.2. The molecule has 0 fully saturated rings. The van der Waals surface area contributed by atoms with Crippen LogP contribution < -0.4 is 0 Å². The molecule has 4 aromatic carbocycles. The third-order valence-corrected chi connectivity index (χ3v) is 8.07. The van der Waals surface area contributed by atoms with E-state index in [0.29, 0.717) is 0 Å². The van der Waals surface area contributed by atoms with Crippen LogP contribution in [0, 0.1) is 43.5 Å². The molecule has 0 saturated heterocycles. The van der Waals surface area contributed by atoms with Crippen molar-refractivity contribution in [1.29, 1.82) is 0 Å². The molecule has 0 amide bonds. The predicted octanol–water partition coefficient (Wildman–Crippen LogP) is 13.2. The van der Waals surface area contributed by atoms with Crippen molar-refractivity contribution in [2.45, 2.75) is 107 Å². The van der Waals surface area contributed by atoms with Gasteiger partial charge in [-0.1, -0.05) is 99.9 Å². The average molecular weight is 773 g/mol. The van der Waals surface area contributed by atoms with Gasteiger partial charge in [0.05, 0.1) is 0 Å². The number of rotatable bonds is 0. The van der Waals surface area contributed by atoms with Gasteiger partial charge in [0.25, 0.3) is 0 Å². The van der Waals surface area contributed by atoms with E-state index in [2.05, 4.69) is 148 Å². The summed E-state index contributed by atoms with van der Waals surface area (Å²) in [5.74, 6) is 0. The van der Waals surface area contributed by atoms with Gasteiger partial charge in [-0.25, -0.2) is 11.1 Å². The molecule has 4 aromatic rings. The fourth-order valence-electron chi connectivity index (χ4n) is 5.37. The molecule has 0 atom stereocenters. The topological polar surface area (TPSA) is 0 Å². The summed E-state index contributed by atoms with van der Waals surface area (Å²) in [7, 11) is 0. The summed E-state index contributed by atoms with van der Waals surface area (Å²) >= 11 is 1.30. The Morgan fingerprint density at radius 1 is 0.612 bits per heavy atom. The molecular weight excluding hydrogens is 715 g/mol. The first-order valence-electron chi connectivity index (χ1n) is 16.7. The zero-order chi connectivity index (χ0) is 35.4. The summed E-state index contributed by atoms with van der Waals surface area (Å²) in [5, 5.41) is 0. The molecule has 0 unspecified atom stereocenters. The average Bonchev–Trinajstić information content (AvgIpc) is 3.62. The van der Waals surface area contributed by atoms with Crippen LogP contribution in [-0.4, -0.2) is 4.21 Å². The number of hydrogen-bond acceptors (Lipinski definition) is 0. The quantitative estimate of drug-likeness (QED) is 0.138. The van der Waals surface area contributed by atoms with Gasteiger partial charge in [0.15, 0.2) is 0 Å². The van der Waals surface area contributed by atoms with Gasteiger partial charge in [-0.3, -0.25) is 6.08 Å². The van der Waals surface area contributed by atoms with Crippen LogP contribution in [0.2, 0.25) is 0 Å². The van der Waals surface area contributed by atoms with Crippen molar-refractivity contribution in [2.24, 2.45) is 5.41 Å². The zero-order valence-corrected chi connectivity index (χ0v) is 36.1. The van der Waals surface area contributed by atoms with Crippen molar-refractivity contribution in [3.05, 3.63) is 154 Å². The van der Waals surface area contributed by atoms with Crippen molar-refractivity contribution >= 4 is 29.0 Å². The summed E-state index contributed by atoms with van der Waals surface area (Å²) < 4.78 is 3.34. The van der Waals surface area contributed by atoms with Crippen molar-refractivity contribution in [3.8, 4) is 11.1 Å². The van der Waals surface area contributed by atoms with Gasteiger partial charge in [0, 0.05) is 0 Å². The molecule has 0 bridgehead atoms. The fourth-order valence-corrected chi connectivity index (χ4v) is 5.37. The Morgan fingerprint density at radius 3 is 1.45 bits per heavy atom. The van der Waals surface area contributed by atoms with Crippen LogP contribution in [0.3, 0.4) is 0 Å². The Balaban J connectivity index is 0.000000688. The SMILES string of the molecule is CC(C)(C)c1[c-]c2c(cc1)-c1ccc(C(C)(C)C)cc1C2.CC1=CC[C-]=C1C(C)(C)C.Cc1cc[c-]cc1.Cc1cc[c-]cc1.Cl.Cl.[CH2]=[Zr]. The van der Waals surface area contributed by atoms with E-state index in [1.54, 1.807) is 0 Å². The molecule has 0 radical (unpaired) electrons. The van der Waals surface area contributed by atoms with Gasteiger partial charge in [0.2, 0.25) is 0 Å². The second-order valence-electron chi connectivity index (χ2n) is 15.4. The molecule has 49 heavy (non-hydrogen) atoms. The molecule has 0 nitrogen and oxygen atoms in total. The second kappa shape index (κ2) is 21.1. The van der Waals surface area contributed by atoms with Gasteiger partial charge in [-0.05, 0) is 33.8 Å². The second-order valence-corrected chi connectivity index (χ2v) is 15.4. The standard InChI is InChI=1S/C21H25.C10H15.2C7H7.CH2.2ClH.Zr/c1-20(2,3)16-7-9-18-14(12-16)11-15-13-17(21(4,5)6)8-10-19(15)18;1-8-6-5-7-9(8)10(2,3)4;2*1-7-5-3-2-4-6-7;;;;/h7-10,12H,11H2,1-6H3;6H,5H2,1-4H3;2*3-6H,1H3;1H2;2*1H;/q4*-1;;;;. The molecule has 2 aliphatic rings. The molecule has 0 N–H and O–H groups in total. The number of hydrogen-bond donors (Lipinski definition) is 0. The molecule has 0 saturated carbocycles. The molecule has 0 heterocycles. The monoisotopic (exact) mass is 770 g/mol. The summed E-state index contributed by atoms with van der Waals surface area (Å²) in [6.07, 6.45) is 7.65. The summed E-state index contributed by atoms with van der Waals surface area (Å²) in [6, 6.07) is 36.8. The van der Waals surface area contributed by atoms with Crippen molar-refractivity contribution in [3.63, 3.8) is 0 Å². The van der Waals surface area contributed by atoms with Gasteiger partial charge in [-0.15, -0.1) is 49.3 Å². The van der Waals surface area contributed by atoms with Crippen LogP contribution >= 0.6 is 24.8 Å². The van der Waals surface area contributed by atoms with E-state index in [-0.39, 0.29) is 41.1 Å². The Labute approximate surface area is 328 Å². The molecule has 3 heteroatoms. The summed E-state index contributed by atoms with van der Waals surface area (Å²) in [5.41, 5.74) is 14.4. The van der Waals surface area contributed by atoms with Gasteiger partial charge >= 0.3 is 28.4 Å². The van der Waals surface area contributed by atoms with E-state index in [0.717, 1.165) is 12.8 Å². The normalized spacial score (nSPS) is 12.4. The summed E-state index contributed by atoms with van der Waals surface area (Å²) in [4.78, 5) is 0. The first-order chi connectivity index (χ1) is 22.0.